The Balaban J connectivity index is 1.79. The quantitative estimate of drug-likeness (QED) is 0.709. The van der Waals surface area contributed by atoms with E-state index in [0.29, 0.717) is 17.7 Å². The van der Waals surface area contributed by atoms with Crippen LogP contribution < -0.4 is 10.6 Å². The zero-order valence-corrected chi connectivity index (χ0v) is 15.1. The van der Waals surface area contributed by atoms with Crippen LogP contribution in [0.1, 0.15) is 21.6 Å². The predicted octanol–water partition coefficient (Wildman–Crippen LogP) is 3.37. The van der Waals surface area contributed by atoms with Crippen molar-refractivity contribution in [2.24, 2.45) is 0 Å². The van der Waals surface area contributed by atoms with Gasteiger partial charge in [-0.3, -0.25) is 14.6 Å². The van der Waals surface area contributed by atoms with Gasteiger partial charge in [0.25, 0.3) is 5.91 Å². The molecule has 0 saturated carbocycles. The molecule has 3 aromatic rings. The summed E-state index contributed by atoms with van der Waals surface area (Å²) in [6.45, 7) is 1.82. The fraction of sp³-hybridized carbons (Fsp3) is 0.136. The molecule has 136 valence electrons. The van der Waals surface area contributed by atoms with E-state index in [1.165, 1.54) is 0 Å². The van der Waals surface area contributed by atoms with Crippen LogP contribution >= 0.6 is 0 Å². The van der Waals surface area contributed by atoms with Gasteiger partial charge >= 0.3 is 0 Å². The number of nitrogens with one attached hydrogen (secondary N) is 2. The first-order chi connectivity index (χ1) is 13.1. The average Bonchev–Trinajstić information content (AvgIpc) is 2.70. The van der Waals surface area contributed by atoms with E-state index in [-0.39, 0.29) is 11.8 Å². The summed E-state index contributed by atoms with van der Waals surface area (Å²) in [5.74, 6) is -0.561. The molecule has 1 atom stereocenters. The van der Waals surface area contributed by atoms with Crippen LogP contribution in [0.3, 0.4) is 0 Å². The summed E-state index contributed by atoms with van der Waals surface area (Å²) in [5, 5.41) is 5.72. The van der Waals surface area contributed by atoms with E-state index in [4.69, 9.17) is 0 Å². The number of hydrogen-bond donors (Lipinski definition) is 2. The Kier molecular flexibility index (Phi) is 5.94. The molecule has 2 aromatic carbocycles. The number of anilines is 1. The molecule has 0 fully saturated rings. The van der Waals surface area contributed by atoms with Crippen molar-refractivity contribution in [3.8, 4) is 0 Å². The number of rotatable bonds is 6. The van der Waals surface area contributed by atoms with Crippen LogP contribution in [0.15, 0.2) is 79.0 Å². The smallest absolute Gasteiger partial charge is 0.251 e. The van der Waals surface area contributed by atoms with Crippen LogP contribution in [-0.2, 0) is 11.2 Å². The van der Waals surface area contributed by atoms with Crippen LogP contribution in [0.4, 0.5) is 5.69 Å². The zero-order chi connectivity index (χ0) is 19.1. The van der Waals surface area contributed by atoms with Gasteiger partial charge in [0.15, 0.2) is 0 Å². The minimum absolute atomic E-state index is 0.278. The molecular weight excluding hydrogens is 338 g/mol. The highest BCUT2D eigenvalue weighted by Gasteiger charge is 2.22. The summed E-state index contributed by atoms with van der Waals surface area (Å²) in [7, 11) is 0. The summed E-state index contributed by atoms with van der Waals surface area (Å²) in [4.78, 5) is 29.6. The second-order valence-corrected chi connectivity index (χ2v) is 6.21. The van der Waals surface area contributed by atoms with Crippen LogP contribution in [0.25, 0.3) is 0 Å². The molecule has 2 amide bonds. The Bertz CT molecular complexity index is 911. The summed E-state index contributed by atoms with van der Waals surface area (Å²) in [5.41, 5.74) is 2.84. The lowest BCUT2D eigenvalue weighted by atomic mass is 10.0. The molecule has 1 heterocycles. The molecule has 1 unspecified atom stereocenters. The Labute approximate surface area is 158 Å². The van der Waals surface area contributed by atoms with Gasteiger partial charge in [-0.15, -0.1) is 0 Å². The second-order valence-electron chi connectivity index (χ2n) is 6.21. The first-order valence-electron chi connectivity index (χ1n) is 8.76. The molecule has 0 aliphatic heterocycles. The molecule has 2 N–H and O–H groups in total. The van der Waals surface area contributed by atoms with Gasteiger partial charge in [0.2, 0.25) is 5.91 Å². The van der Waals surface area contributed by atoms with Crippen molar-refractivity contribution >= 4 is 17.5 Å². The van der Waals surface area contributed by atoms with Crippen LogP contribution in [0.2, 0.25) is 0 Å². The van der Waals surface area contributed by atoms with E-state index < -0.39 is 6.04 Å². The van der Waals surface area contributed by atoms with Gasteiger partial charge < -0.3 is 10.6 Å². The zero-order valence-electron chi connectivity index (χ0n) is 15.1. The number of pyridine rings is 1. The van der Waals surface area contributed by atoms with Crippen molar-refractivity contribution in [1.82, 2.24) is 10.3 Å². The topological polar surface area (TPSA) is 71.1 Å². The molecule has 0 radical (unpaired) electrons. The lowest BCUT2D eigenvalue weighted by molar-refractivity contribution is -0.118. The van der Waals surface area contributed by atoms with Gasteiger partial charge in [0.05, 0.1) is 11.4 Å². The second kappa shape index (κ2) is 8.76. The molecule has 3 rings (SSSR count). The third-order valence-corrected chi connectivity index (χ3v) is 4.21. The van der Waals surface area contributed by atoms with Gasteiger partial charge in [-0.2, -0.15) is 0 Å². The summed E-state index contributed by atoms with van der Waals surface area (Å²) in [6, 6.07) is 21.3. The van der Waals surface area contributed by atoms with Gasteiger partial charge in [-0.05, 0) is 36.8 Å². The van der Waals surface area contributed by atoms with Crippen LogP contribution in [0.5, 0.6) is 0 Å². The van der Waals surface area contributed by atoms with Gasteiger partial charge in [0.1, 0.15) is 6.04 Å². The number of hydrogen-bond acceptors (Lipinski definition) is 3. The summed E-state index contributed by atoms with van der Waals surface area (Å²) < 4.78 is 0. The Hall–Kier alpha value is -3.47. The molecule has 0 bridgehead atoms. The van der Waals surface area contributed by atoms with E-state index in [9.17, 15) is 9.59 Å². The lowest BCUT2D eigenvalue weighted by Gasteiger charge is -2.19. The third-order valence-electron chi connectivity index (χ3n) is 4.21. The molecule has 27 heavy (non-hydrogen) atoms. The summed E-state index contributed by atoms with van der Waals surface area (Å²) >= 11 is 0. The number of nitrogens with zero attached hydrogens (tertiary/aromatic N) is 1. The number of aromatic nitrogens is 1. The lowest BCUT2D eigenvalue weighted by Crippen LogP contribution is -2.45. The number of aryl methyl sites for hydroxylation is 1. The van der Waals surface area contributed by atoms with Gasteiger partial charge in [-0.25, -0.2) is 0 Å². The van der Waals surface area contributed by atoms with Crippen molar-refractivity contribution in [2.45, 2.75) is 19.4 Å². The van der Waals surface area contributed by atoms with E-state index >= 15 is 0 Å². The van der Waals surface area contributed by atoms with E-state index in [1.807, 2.05) is 43.3 Å². The Morgan fingerprint density at radius 2 is 1.59 bits per heavy atom. The first kappa shape index (κ1) is 18.3. The minimum atomic E-state index is -0.709. The average molecular weight is 359 g/mol. The molecule has 1 aromatic heterocycles. The summed E-state index contributed by atoms with van der Waals surface area (Å²) in [6.07, 6.45) is 2.06. The highest BCUT2D eigenvalue weighted by molar-refractivity contribution is 6.01. The molecule has 5 nitrogen and oxygen atoms in total. The minimum Gasteiger partial charge on any atom is -0.340 e. The van der Waals surface area contributed by atoms with Crippen LogP contribution in [-0.4, -0.2) is 22.8 Å². The maximum atomic E-state index is 12.9. The van der Waals surface area contributed by atoms with Crippen molar-refractivity contribution in [3.05, 3.63) is 95.8 Å². The first-order valence-corrected chi connectivity index (χ1v) is 8.76. The number of carbonyl (C=O) groups is 2. The Morgan fingerprint density at radius 3 is 2.26 bits per heavy atom. The Morgan fingerprint density at radius 1 is 0.926 bits per heavy atom. The normalized spacial score (nSPS) is 11.4. The highest BCUT2D eigenvalue weighted by atomic mass is 16.2. The predicted molar refractivity (Wildman–Crippen MR) is 105 cm³/mol. The highest BCUT2D eigenvalue weighted by Crippen LogP contribution is 2.12. The largest absolute Gasteiger partial charge is 0.340 e. The van der Waals surface area contributed by atoms with Crippen molar-refractivity contribution in [3.63, 3.8) is 0 Å². The van der Waals surface area contributed by atoms with E-state index in [1.54, 1.807) is 42.6 Å². The van der Waals surface area contributed by atoms with Crippen molar-refractivity contribution in [2.75, 3.05) is 5.32 Å². The van der Waals surface area contributed by atoms with Gasteiger partial charge in [-0.1, -0.05) is 48.5 Å². The van der Waals surface area contributed by atoms with Crippen molar-refractivity contribution in [1.29, 1.82) is 0 Å². The SMILES string of the molecule is Cc1ncccc1NC(=O)C(Cc1ccccc1)NC(=O)c1ccccc1. The monoisotopic (exact) mass is 359 g/mol. The fourth-order valence-corrected chi connectivity index (χ4v) is 2.73. The molecule has 0 spiro atoms. The molecule has 5 heteroatoms. The van der Waals surface area contributed by atoms with Gasteiger partial charge in [0, 0.05) is 18.2 Å². The van der Waals surface area contributed by atoms with E-state index in [0.717, 1.165) is 11.3 Å². The number of benzene rings is 2. The van der Waals surface area contributed by atoms with E-state index in [2.05, 4.69) is 15.6 Å². The van der Waals surface area contributed by atoms with Crippen molar-refractivity contribution < 1.29 is 9.59 Å². The molecule has 0 saturated heterocycles. The standard InChI is InChI=1S/C22H21N3O2/c1-16-19(13-8-14-23-16)24-22(27)20(15-17-9-4-2-5-10-17)25-21(26)18-11-6-3-7-12-18/h2-14,20H,15H2,1H3,(H,24,27)(H,25,26). The third kappa shape index (κ3) is 5.01. The maximum absolute atomic E-state index is 12.9. The van der Waals surface area contributed by atoms with Crippen LogP contribution in [0, 0.1) is 6.92 Å². The molecule has 0 aliphatic carbocycles. The maximum Gasteiger partial charge on any atom is 0.251 e. The fourth-order valence-electron chi connectivity index (χ4n) is 2.73. The number of carbonyl (C=O) groups excluding carboxylic acids is 2. The molecule has 0 aliphatic rings. The molecular formula is C22H21N3O2. The number of amides is 2.